The van der Waals surface area contributed by atoms with E-state index in [1.165, 1.54) is 11.3 Å². The standard InChI is InChI=1S/C12H8Cl2N2OS/c13-7-1-2-9(10(14)3-7)11-6-18-12-15-8(5-17)4-16(11)12/h1-4,6,17H,5H2. The molecule has 0 fully saturated rings. The molecule has 18 heavy (non-hydrogen) atoms. The van der Waals surface area contributed by atoms with Crippen LogP contribution in [-0.2, 0) is 6.61 Å². The third kappa shape index (κ3) is 1.91. The van der Waals surface area contributed by atoms with E-state index in [1.807, 2.05) is 22.0 Å². The molecule has 1 N–H and O–H groups in total. The molecule has 3 rings (SSSR count). The maximum atomic E-state index is 9.09. The van der Waals surface area contributed by atoms with Crippen LogP contribution in [0.2, 0.25) is 10.0 Å². The minimum atomic E-state index is -0.0673. The van der Waals surface area contributed by atoms with Crippen LogP contribution in [-0.4, -0.2) is 14.5 Å². The number of aromatic nitrogens is 2. The van der Waals surface area contributed by atoms with E-state index in [-0.39, 0.29) is 6.61 Å². The highest BCUT2D eigenvalue weighted by Gasteiger charge is 2.12. The summed E-state index contributed by atoms with van der Waals surface area (Å²) in [6.45, 7) is -0.0673. The van der Waals surface area contributed by atoms with Crippen molar-refractivity contribution in [1.82, 2.24) is 9.38 Å². The summed E-state index contributed by atoms with van der Waals surface area (Å²) >= 11 is 13.6. The van der Waals surface area contributed by atoms with Crippen molar-refractivity contribution in [2.75, 3.05) is 0 Å². The molecule has 0 atom stereocenters. The van der Waals surface area contributed by atoms with Crippen LogP contribution in [0.15, 0.2) is 29.8 Å². The summed E-state index contributed by atoms with van der Waals surface area (Å²) < 4.78 is 1.92. The van der Waals surface area contributed by atoms with Gasteiger partial charge in [0.1, 0.15) is 0 Å². The molecule has 3 nitrogen and oxygen atoms in total. The van der Waals surface area contributed by atoms with Crippen molar-refractivity contribution in [1.29, 1.82) is 0 Å². The van der Waals surface area contributed by atoms with Crippen LogP contribution < -0.4 is 0 Å². The monoisotopic (exact) mass is 298 g/mol. The van der Waals surface area contributed by atoms with Crippen LogP contribution in [0.1, 0.15) is 5.69 Å². The second-order valence-corrected chi connectivity index (χ2v) is 5.47. The minimum Gasteiger partial charge on any atom is -0.390 e. The maximum absolute atomic E-state index is 9.09. The Labute approximate surface area is 117 Å². The van der Waals surface area contributed by atoms with Gasteiger partial charge in [0, 0.05) is 22.2 Å². The fourth-order valence-corrected chi connectivity index (χ4v) is 3.19. The number of thiazole rings is 1. The number of hydrogen-bond acceptors (Lipinski definition) is 3. The highest BCUT2D eigenvalue weighted by Crippen LogP contribution is 2.33. The first-order valence-corrected chi connectivity index (χ1v) is 6.84. The molecular weight excluding hydrogens is 291 g/mol. The molecule has 0 bridgehead atoms. The molecule has 2 aromatic heterocycles. The zero-order chi connectivity index (χ0) is 12.7. The van der Waals surface area contributed by atoms with E-state index in [9.17, 15) is 0 Å². The highest BCUT2D eigenvalue weighted by molar-refractivity contribution is 7.15. The highest BCUT2D eigenvalue weighted by atomic mass is 35.5. The second kappa shape index (κ2) is 4.55. The summed E-state index contributed by atoms with van der Waals surface area (Å²) in [5, 5.41) is 12.3. The molecule has 0 saturated heterocycles. The van der Waals surface area contributed by atoms with Gasteiger partial charge in [-0.1, -0.05) is 23.2 Å². The summed E-state index contributed by atoms with van der Waals surface area (Å²) in [4.78, 5) is 5.12. The van der Waals surface area contributed by atoms with Gasteiger partial charge in [0.2, 0.25) is 0 Å². The molecule has 0 aliphatic rings. The Balaban J connectivity index is 2.21. The van der Waals surface area contributed by atoms with Crippen LogP contribution in [0.25, 0.3) is 16.2 Å². The van der Waals surface area contributed by atoms with Crippen molar-refractivity contribution in [2.45, 2.75) is 6.61 Å². The smallest absolute Gasteiger partial charge is 0.194 e. The molecule has 0 radical (unpaired) electrons. The first kappa shape index (κ1) is 12.0. The lowest BCUT2D eigenvalue weighted by atomic mass is 10.2. The number of fused-ring (bicyclic) bond motifs is 1. The van der Waals surface area contributed by atoms with Gasteiger partial charge in [-0.25, -0.2) is 4.98 Å². The third-order valence-electron chi connectivity index (χ3n) is 2.63. The molecule has 6 heteroatoms. The molecule has 2 heterocycles. The van der Waals surface area contributed by atoms with Crippen molar-refractivity contribution < 1.29 is 5.11 Å². The lowest BCUT2D eigenvalue weighted by molar-refractivity contribution is 0.277. The SMILES string of the molecule is OCc1cn2c(-c3ccc(Cl)cc3Cl)csc2n1. The Morgan fingerprint density at radius 3 is 2.89 bits per heavy atom. The van der Waals surface area contributed by atoms with Crippen LogP contribution in [0, 0.1) is 0 Å². The van der Waals surface area contributed by atoms with Gasteiger partial charge in [-0.3, -0.25) is 4.40 Å². The molecule has 1 aromatic carbocycles. The summed E-state index contributed by atoms with van der Waals surface area (Å²) in [6, 6.07) is 5.40. The zero-order valence-corrected chi connectivity index (χ0v) is 11.4. The van der Waals surface area contributed by atoms with E-state index in [0.29, 0.717) is 15.7 Å². The Bertz CT molecular complexity index is 720. The molecule has 0 saturated carbocycles. The largest absolute Gasteiger partial charge is 0.390 e. The van der Waals surface area contributed by atoms with E-state index in [1.54, 1.807) is 12.1 Å². The van der Waals surface area contributed by atoms with Crippen molar-refractivity contribution in [3.63, 3.8) is 0 Å². The summed E-state index contributed by atoms with van der Waals surface area (Å²) in [6.07, 6.45) is 1.81. The third-order valence-corrected chi connectivity index (χ3v) is 4.02. The lowest BCUT2D eigenvalue weighted by Crippen LogP contribution is -1.85. The van der Waals surface area contributed by atoms with Gasteiger partial charge in [-0.2, -0.15) is 0 Å². The van der Waals surface area contributed by atoms with Crippen LogP contribution in [0.3, 0.4) is 0 Å². The predicted molar refractivity (Wildman–Crippen MR) is 74.4 cm³/mol. The first-order valence-electron chi connectivity index (χ1n) is 5.21. The van der Waals surface area contributed by atoms with Gasteiger partial charge in [0.25, 0.3) is 0 Å². The summed E-state index contributed by atoms with van der Waals surface area (Å²) in [5.74, 6) is 0. The fraction of sp³-hybridized carbons (Fsp3) is 0.0833. The number of benzene rings is 1. The number of nitrogens with zero attached hydrogens (tertiary/aromatic N) is 2. The van der Waals surface area contributed by atoms with Gasteiger partial charge in [0.05, 0.1) is 23.0 Å². The Morgan fingerprint density at radius 1 is 1.33 bits per heavy atom. The van der Waals surface area contributed by atoms with E-state index in [0.717, 1.165) is 16.2 Å². The predicted octanol–water partition coefficient (Wildman–Crippen LogP) is 3.86. The topological polar surface area (TPSA) is 37.5 Å². The van der Waals surface area contributed by atoms with Gasteiger partial charge in [-0.05, 0) is 18.2 Å². The van der Waals surface area contributed by atoms with Crippen molar-refractivity contribution in [3.8, 4) is 11.3 Å². The van der Waals surface area contributed by atoms with Gasteiger partial charge >= 0.3 is 0 Å². The van der Waals surface area contributed by atoms with E-state index in [2.05, 4.69) is 4.98 Å². The number of halogens is 2. The Morgan fingerprint density at radius 2 is 2.17 bits per heavy atom. The molecule has 0 spiro atoms. The molecule has 3 aromatic rings. The van der Waals surface area contributed by atoms with E-state index < -0.39 is 0 Å². The first-order chi connectivity index (χ1) is 8.69. The maximum Gasteiger partial charge on any atom is 0.194 e. The normalized spacial score (nSPS) is 11.3. The van der Waals surface area contributed by atoms with Crippen molar-refractivity contribution in [2.24, 2.45) is 0 Å². The second-order valence-electron chi connectivity index (χ2n) is 3.79. The number of aliphatic hydroxyl groups excluding tert-OH is 1. The molecule has 0 aliphatic carbocycles. The quantitative estimate of drug-likeness (QED) is 0.780. The average molecular weight is 299 g/mol. The van der Waals surface area contributed by atoms with E-state index in [4.69, 9.17) is 28.3 Å². The van der Waals surface area contributed by atoms with Gasteiger partial charge in [-0.15, -0.1) is 11.3 Å². The summed E-state index contributed by atoms with van der Waals surface area (Å²) in [7, 11) is 0. The van der Waals surface area contributed by atoms with Crippen LogP contribution in [0.5, 0.6) is 0 Å². The summed E-state index contributed by atoms with van der Waals surface area (Å²) in [5.41, 5.74) is 2.49. The Hall–Kier alpha value is -1.07. The fourth-order valence-electron chi connectivity index (χ4n) is 1.80. The van der Waals surface area contributed by atoms with E-state index >= 15 is 0 Å². The molecule has 0 aliphatic heterocycles. The van der Waals surface area contributed by atoms with Crippen LogP contribution in [0.4, 0.5) is 0 Å². The lowest BCUT2D eigenvalue weighted by Gasteiger charge is -2.03. The number of imidazole rings is 1. The number of rotatable bonds is 2. The van der Waals surface area contributed by atoms with Crippen molar-refractivity contribution in [3.05, 3.63) is 45.5 Å². The average Bonchev–Trinajstić information content (AvgIpc) is 2.89. The van der Waals surface area contributed by atoms with Crippen LogP contribution >= 0.6 is 34.5 Å². The molecule has 0 unspecified atom stereocenters. The van der Waals surface area contributed by atoms with Crippen molar-refractivity contribution >= 4 is 39.5 Å². The zero-order valence-electron chi connectivity index (χ0n) is 9.10. The van der Waals surface area contributed by atoms with Gasteiger partial charge < -0.3 is 5.11 Å². The molecule has 0 amide bonds. The number of hydrogen-bond donors (Lipinski definition) is 1. The molecule has 92 valence electrons. The van der Waals surface area contributed by atoms with Gasteiger partial charge in [0.15, 0.2) is 4.96 Å². The minimum absolute atomic E-state index is 0.0673. The Kier molecular flexibility index (Phi) is 3.03. The number of aliphatic hydroxyl groups is 1. The molecular formula is C12H8Cl2N2OS.